The minimum absolute atomic E-state index is 0.0864. The van der Waals surface area contributed by atoms with Gasteiger partial charge in [0.2, 0.25) is 0 Å². The Bertz CT molecular complexity index is 451. The summed E-state index contributed by atoms with van der Waals surface area (Å²) in [5.74, 6) is 0.941. The van der Waals surface area contributed by atoms with Crippen LogP contribution >= 0.6 is 0 Å². The van der Waals surface area contributed by atoms with Gasteiger partial charge >= 0.3 is 0 Å². The van der Waals surface area contributed by atoms with Crippen LogP contribution in [0.4, 0.5) is 0 Å². The van der Waals surface area contributed by atoms with E-state index in [0.29, 0.717) is 31.3 Å². The highest BCUT2D eigenvalue weighted by Crippen LogP contribution is 2.25. The fourth-order valence-corrected chi connectivity index (χ4v) is 2.09. The third-order valence-corrected chi connectivity index (χ3v) is 3.18. The second-order valence-corrected chi connectivity index (χ2v) is 4.44. The predicted molar refractivity (Wildman–Crippen MR) is 71.9 cm³/mol. The van der Waals surface area contributed by atoms with Crippen molar-refractivity contribution in [2.75, 3.05) is 40.1 Å². The Morgan fingerprint density at radius 1 is 1.45 bits per heavy atom. The van der Waals surface area contributed by atoms with Gasteiger partial charge in [-0.3, -0.25) is 4.79 Å². The van der Waals surface area contributed by atoms with Crippen LogP contribution in [0.25, 0.3) is 0 Å². The third-order valence-electron chi connectivity index (χ3n) is 3.18. The zero-order valence-electron chi connectivity index (χ0n) is 11.4. The highest BCUT2D eigenvalue weighted by atomic mass is 16.5. The van der Waals surface area contributed by atoms with Crippen molar-refractivity contribution < 1.29 is 24.1 Å². The molecule has 20 heavy (non-hydrogen) atoms. The van der Waals surface area contributed by atoms with Gasteiger partial charge in [0.15, 0.2) is 18.1 Å². The average Bonchev–Trinajstić information content (AvgIpc) is 2.52. The normalized spacial score (nSPS) is 18.7. The van der Waals surface area contributed by atoms with Gasteiger partial charge in [0.25, 0.3) is 5.91 Å². The van der Waals surface area contributed by atoms with Crippen LogP contribution in [0, 0.1) is 0 Å². The lowest BCUT2D eigenvalue weighted by molar-refractivity contribution is -0.143. The monoisotopic (exact) mass is 281 g/mol. The largest absolute Gasteiger partial charge is 0.493 e. The van der Waals surface area contributed by atoms with Crippen molar-refractivity contribution >= 4 is 5.91 Å². The van der Waals surface area contributed by atoms with E-state index in [-0.39, 0.29) is 25.2 Å². The molecule has 1 aliphatic rings. The van der Waals surface area contributed by atoms with Crippen molar-refractivity contribution in [2.24, 2.45) is 0 Å². The standard InChI is InChI=1S/C14H19NO5/c1-18-12-4-2-3-5-13(12)20-10-14(17)15-6-7-19-9-11(15)8-16/h2-5,11,16H,6-10H2,1H3. The second-order valence-electron chi connectivity index (χ2n) is 4.44. The second kappa shape index (κ2) is 7.12. The van der Waals surface area contributed by atoms with Gasteiger partial charge in [-0.15, -0.1) is 0 Å². The number of rotatable bonds is 5. The number of amides is 1. The molecule has 1 aromatic rings. The number of carbonyl (C=O) groups is 1. The summed E-state index contributed by atoms with van der Waals surface area (Å²) in [4.78, 5) is 13.7. The highest BCUT2D eigenvalue weighted by Gasteiger charge is 2.26. The summed E-state index contributed by atoms with van der Waals surface area (Å²) >= 11 is 0. The molecule has 0 spiro atoms. The van der Waals surface area contributed by atoms with Gasteiger partial charge in [-0.25, -0.2) is 0 Å². The summed E-state index contributed by atoms with van der Waals surface area (Å²) in [5.41, 5.74) is 0. The lowest BCUT2D eigenvalue weighted by Crippen LogP contribution is -2.51. The Hall–Kier alpha value is -1.79. The van der Waals surface area contributed by atoms with Crippen molar-refractivity contribution in [3.63, 3.8) is 0 Å². The molecule has 1 aromatic carbocycles. The van der Waals surface area contributed by atoms with Crippen molar-refractivity contribution in [3.8, 4) is 11.5 Å². The van der Waals surface area contributed by atoms with Crippen LogP contribution in [-0.4, -0.2) is 62.0 Å². The van der Waals surface area contributed by atoms with Crippen molar-refractivity contribution in [1.29, 1.82) is 0 Å². The van der Waals surface area contributed by atoms with Gasteiger partial charge in [0, 0.05) is 6.54 Å². The van der Waals surface area contributed by atoms with E-state index in [0.717, 1.165) is 0 Å². The molecular weight excluding hydrogens is 262 g/mol. The minimum Gasteiger partial charge on any atom is -0.493 e. The van der Waals surface area contributed by atoms with Gasteiger partial charge in [0.1, 0.15) is 0 Å². The number of morpholine rings is 1. The smallest absolute Gasteiger partial charge is 0.260 e. The van der Waals surface area contributed by atoms with E-state index in [1.54, 1.807) is 24.1 Å². The number of ether oxygens (including phenoxy) is 3. The first-order valence-electron chi connectivity index (χ1n) is 6.50. The van der Waals surface area contributed by atoms with Crippen molar-refractivity contribution in [2.45, 2.75) is 6.04 Å². The van der Waals surface area contributed by atoms with Gasteiger partial charge in [-0.2, -0.15) is 0 Å². The van der Waals surface area contributed by atoms with Gasteiger partial charge in [0.05, 0.1) is 33.0 Å². The first-order valence-corrected chi connectivity index (χ1v) is 6.50. The lowest BCUT2D eigenvalue weighted by atomic mass is 10.2. The molecule has 110 valence electrons. The van der Waals surface area contributed by atoms with Crippen molar-refractivity contribution in [3.05, 3.63) is 24.3 Å². The molecule has 1 heterocycles. The molecule has 0 aromatic heterocycles. The van der Waals surface area contributed by atoms with Gasteiger partial charge in [-0.1, -0.05) is 12.1 Å². The van der Waals surface area contributed by atoms with Gasteiger partial charge < -0.3 is 24.2 Å². The van der Waals surface area contributed by atoms with Crippen LogP contribution in [0.1, 0.15) is 0 Å². The van der Waals surface area contributed by atoms with Crippen LogP contribution in [0.2, 0.25) is 0 Å². The van der Waals surface area contributed by atoms with E-state index in [2.05, 4.69) is 0 Å². The molecule has 6 heteroatoms. The molecule has 0 bridgehead atoms. The van der Waals surface area contributed by atoms with Gasteiger partial charge in [-0.05, 0) is 12.1 Å². The van der Waals surface area contributed by atoms with E-state index >= 15 is 0 Å². The first kappa shape index (κ1) is 14.6. The lowest BCUT2D eigenvalue weighted by Gasteiger charge is -2.34. The number of hydrogen-bond acceptors (Lipinski definition) is 5. The Balaban J connectivity index is 1.94. The van der Waals surface area contributed by atoms with E-state index in [4.69, 9.17) is 14.2 Å². The Morgan fingerprint density at radius 2 is 2.20 bits per heavy atom. The fourth-order valence-electron chi connectivity index (χ4n) is 2.09. The predicted octanol–water partition coefficient (Wildman–Crippen LogP) is 0.294. The SMILES string of the molecule is COc1ccccc1OCC(=O)N1CCOCC1CO. The Kier molecular flexibility index (Phi) is 5.20. The van der Waals surface area contributed by atoms with E-state index in [1.165, 1.54) is 0 Å². The number of nitrogens with zero attached hydrogens (tertiary/aromatic N) is 1. The maximum Gasteiger partial charge on any atom is 0.260 e. The molecule has 6 nitrogen and oxygen atoms in total. The van der Waals surface area contributed by atoms with E-state index in [9.17, 15) is 9.90 Å². The third kappa shape index (κ3) is 3.40. The molecule has 0 aliphatic carbocycles. The molecule has 1 amide bonds. The number of benzene rings is 1. The van der Waals surface area contributed by atoms with Crippen LogP contribution in [0.3, 0.4) is 0 Å². The molecule has 0 radical (unpaired) electrons. The molecule has 1 unspecified atom stereocenters. The summed E-state index contributed by atoms with van der Waals surface area (Å²) < 4.78 is 15.9. The molecule has 1 N–H and O–H groups in total. The number of hydrogen-bond donors (Lipinski definition) is 1. The Labute approximate surface area is 117 Å². The molecule has 1 fully saturated rings. The van der Waals surface area contributed by atoms with E-state index in [1.807, 2.05) is 12.1 Å². The van der Waals surface area contributed by atoms with Crippen LogP contribution in [0.15, 0.2) is 24.3 Å². The summed E-state index contributed by atoms with van der Waals surface area (Å²) in [6.45, 7) is 1.12. The zero-order valence-corrected chi connectivity index (χ0v) is 11.4. The van der Waals surface area contributed by atoms with Crippen LogP contribution in [-0.2, 0) is 9.53 Å². The summed E-state index contributed by atoms with van der Waals surface area (Å²) in [7, 11) is 1.55. The number of carbonyl (C=O) groups excluding carboxylic acids is 1. The highest BCUT2D eigenvalue weighted by molar-refractivity contribution is 5.78. The molecule has 1 atom stereocenters. The minimum atomic E-state index is -0.294. The quantitative estimate of drug-likeness (QED) is 0.840. The molecule has 0 saturated carbocycles. The van der Waals surface area contributed by atoms with Crippen LogP contribution in [0.5, 0.6) is 11.5 Å². The molecule has 1 saturated heterocycles. The summed E-state index contributed by atoms with van der Waals surface area (Å²) in [6.07, 6.45) is 0. The molecular formula is C14H19NO5. The first-order chi connectivity index (χ1) is 9.76. The Morgan fingerprint density at radius 3 is 2.90 bits per heavy atom. The van der Waals surface area contributed by atoms with Crippen LogP contribution < -0.4 is 9.47 Å². The van der Waals surface area contributed by atoms with E-state index < -0.39 is 0 Å². The topological polar surface area (TPSA) is 68.2 Å². The molecule has 1 aliphatic heterocycles. The average molecular weight is 281 g/mol. The number of para-hydroxylation sites is 2. The number of methoxy groups -OCH3 is 1. The number of aliphatic hydroxyl groups excluding tert-OH is 1. The van der Waals surface area contributed by atoms with Crippen molar-refractivity contribution in [1.82, 2.24) is 4.90 Å². The fraction of sp³-hybridized carbons (Fsp3) is 0.500. The summed E-state index contributed by atoms with van der Waals surface area (Å²) in [5, 5.41) is 9.24. The maximum atomic E-state index is 12.1. The zero-order chi connectivity index (χ0) is 14.4. The number of aliphatic hydroxyl groups is 1. The maximum absolute atomic E-state index is 12.1. The summed E-state index contributed by atoms with van der Waals surface area (Å²) in [6, 6.07) is 6.86. The molecule has 2 rings (SSSR count).